The Morgan fingerprint density at radius 2 is 1.96 bits per heavy atom. The molecule has 0 unspecified atom stereocenters. The Balaban J connectivity index is 1.83. The van der Waals surface area contributed by atoms with Gasteiger partial charge < -0.3 is 20.7 Å². The van der Waals surface area contributed by atoms with Crippen LogP contribution in [-0.2, 0) is 4.74 Å². The summed E-state index contributed by atoms with van der Waals surface area (Å²) in [6.45, 7) is 7.44. The summed E-state index contributed by atoms with van der Waals surface area (Å²) in [7, 11) is 0. The lowest BCUT2D eigenvalue weighted by Gasteiger charge is -2.34. The Bertz CT molecular complexity index is 578. The second-order valence-electron chi connectivity index (χ2n) is 7.27. The van der Waals surface area contributed by atoms with Crippen molar-refractivity contribution in [3.05, 3.63) is 29.8 Å². The van der Waals surface area contributed by atoms with Gasteiger partial charge in [-0.05, 0) is 63.8 Å². The highest BCUT2D eigenvalue weighted by molar-refractivity contribution is 5.94. The lowest BCUT2D eigenvalue weighted by atomic mass is 9.98. The number of ether oxygens (including phenoxy) is 1. The van der Waals surface area contributed by atoms with Crippen LogP contribution in [0.5, 0.6) is 0 Å². The molecular weight excluding hydrogens is 306 g/mol. The SMILES string of the molecule is CC(C)(C)OC(=O)N1CCC[C@H](CNC(=O)c2ccc(N)cc2)C1. The number of likely N-dealkylation sites (tertiary alicyclic amines) is 1. The van der Waals surface area contributed by atoms with E-state index in [9.17, 15) is 9.59 Å². The van der Waals surface area contributed by atoms with E-state index in [0.717, 1.165) is 12.8 Å². The van der Waals surface area contributed by atoms with E-state index in [4.69, 9.17) is 10.5 Å². The number of piperidine rings is 1. The van der Waals surface area contributed by atoms with Crippen molar-refractivity contribution in [2.75, 3.05) is 25.4 Å². The molecule has 6 nitrogen and oxygen atoms in total. The molecule has 6 heteroatoms. The lowest BCUT2D eigenvalue weighted by molar-refractivity contribution is 0.0167. The molecule has 1 fully saturated rings. The van der Waals surface area contributed by atoms with Crippen LogP contribution in [0.3, 0.4) is 0 Å². The number of nitrogens with two attached hydrogens (primary N) is 1. The first-order valence-electron chi connectivity index (χ1n) is 8.36. The quantitative estimate of drug-likeness (QED) is 0.833. The van der Waals surface area contributed by atoms with Crippen LogP contribution in [0.1, 0.15) is 44.0 Å². The largest absolute Gasteiger partial charge is 0.444 e. The van der Waals surface area contributed by atoms with Gasteiger partial charge in [0, 0.05) is 30.9 Å². The Hall–Kier alpha value is -2.24. The van der Waals surface area contributed by atoms with Crippen LogP contribution >= 0.6 is 0 Å². The average Bonchev–Trinajstić information content (AvgIpc) is 2.52. The van der Waals surface area contributed by atoms with Gasteiger partial charge >= 0.3 is 6.09 Å². The number of rotatable bonds is 3. The van der Waals surface area contributed by atoms with E-state index in [-0.39, 0.29) is 17.9 Å². The topological polar surface area (TPSA) is 84.7 Å². The highest BCUT2D eigenvalue weighted by Gasteiger charge is 2.27. The fourth-order valence-electron chi connectivity index (χ4n) is 2.70. The van der Waals surface area contributed by atoms with E-state index in [0.29, 0.717) is 30.9 Å². The van der Waals surface area contributed by atoms with Gasteiger partial charge in [-0.1, -0.05) is 0 Å². The van der Waals surface area contributed by atoms with Gasteiger partial charge in [-0.2, -0.15) is 0 Å². The van der Waals surface area contributed by atoms with Crippen molar-refractivity contribution in [3.63, 3.8) is 0 Å². The minimum absolute atomic E-state index is 0.121. The zero-order valence-electron chi connectivity index (χ0n) is 14.7. The van der Waals surface area contributed by atoms with Crippen LogP contribution in [0.4, 0.5) is 10.5 Å². The molecule has 2 rings (SSSR count). The molecule has 24 heavy (non-hydrogen) atoms. The van der Waals surface area contributed by atoms with Crippen LogP contribution < -0.4 is 11.1 Å². The minimum Gasteiger partial charge on any atom is -0.444 e. The molecule has 1 heterocycles. The highest BCUT2D eigenvalue weighted by Crippen LogP contribution is 2.19. The number of hydrogen-bond donors (Lipinski definition) is 2. The molecule has 0 aromatic heterocycles. The number of carbonyl (C=O) groups is 2. The summed E-state index contributed by atoms with van der Waals surface area (Å²) in [5.41, 5.74) is 6.35. The third kappa shape index (κ3) is 5.44. The van der Waals surface area contributed by atoms with Crippen molar-refractivity contribution in [2.24, 2.45) is 5.92 Å². The summed E-state index contributed by atoms with van der Waals surface area (Å²) in [5.74, 6) is 0.119. The fourth-order valence-corrected chi connectivity index (χ4v) is 2.70. The van der Waals surface area contributed by atoms with Gasteiger partial charge in [0.2, 0.25) is 0 Å². The van der Waals surface area contributed by atoms with Gasteiger partial charge in [0.15, 0.2) is 0 Å². The number of nitrogens with zero attached hydrogens (tertiary/aromatic N) is 1. The van der Waals surface area contributed by atoms with Crippen molar-refractivity contribution >= 4 is 17.7 Å². The molecule has 1 saturated heterocycles. The van der Waals surface area contributed by atoms with Crippen molar-refractivity contribution in [1.82, 2.24) is 10.2 Å². The fraction of sp³-hybridized carbons (Fsp3) is 0.556. The summed E-state index contributed by atoms with van der Waals surface area (Å²) in [5, 5.41) is 2.94. The molecule has 0 aliphatic carbocycles. The lowest BCUT2D eigenvalue weighted by Crippen LogP contribution is -2.45. The second-order valence-corrected chi connectivity index (χ2v) is 7.27. The van der Waals surface area contributed by atoms with Crippen LogP contribution in [0, 0.1) is 5.92 Å². The van der Waals surface area contributed by atoms with Gasteiger partial charge in [0.25, 0.3) is 5.91 Å². The van der Waals surface area contributed by atoms with E-state index in [1.165, 1.54) is 0 Å². The third-order valence-corrected chi connectivity index (χ3v) is 3.89. The van der Waals surface area contributed by atoms with Crippen molar-refractivity contribution in [1.29, 1.82) is 0 Å². The first-order valence-corrected chi connectivity index (χ1v) is 8.36. The normalized spacial score (nSPS) is 18.1. The Morgan fingerprint density at radius 1 is 1.29 bits per heavy atom. The summed E-state index contributed by atoms with van der Waals surface area (Å²) in [6, 6.07) is 6.83. The van der Waals surface area contributed by atoms with E-state index in [1.54, 1.807) is 29.2 Å². The number of anilines is 1. The summed E-state index contributed by atoms with van der Waals surface area (Å²) in [6.07, 6.45) is 1.63. The highest BCUT2D eigenvalue weighted by atomic mass is 16.6. The number of amides is 2. The smallest absolute Gasteiger partial charge is 0.410 e. The molecule has 0 saturated carbocycles. The molecule has 1 aliphatic heterocycles. The Labute approximate surface area is 143 Å². The van der Waals surface area contributed by atoms with E-state index in [1.807, 2.05) is 20.8 Å². The molecular formula is C18H27N3O3. The molecule has 1 atom stereocenters. The van der Waals surface area contributed by atoms with Crippen LogP contribution in [0.15, 0.2) is 24.3 Å². The number of benzene rings is 1. The van der Waals surface area contributed by atoms with Gasteiger partial charge in [-0.25, -0.2) is 4.79 Å². The maximum Gasteiger partial charge on any atom is 0.410 e. The second kappa shape index (κ2) is 7.55. The van der Waals surface area contributed by atoms with Gasteiger partial charge in [0.05, 0.1) is 0 Å². The number of hydrogen-bond acceptors (Lipinski definition) is 4. The van der Waals surface area contributed by atoms with E-state index >= 15 is 0 Å². The van der Waals surface area contributed by atoms with Crippen LogP contribution in [0.2, 0.25) is 0 Å². The molecule has 1 aromatic carbocycles. The number of carbonyl (C=O) groups excluding carboxylic acids is 2. The first-order chi connectivity index (χ1) is 11.2. The Kier molecular flexibility index (Phi) is 5.70. The summed E-state index contributed by atoms with van der Waals surface area (Å²) in [4.78, 5) is 26.0. The average molecular weight is 333 g/mol. The van der Waals surface area contributed by atoms with Crippen molar-refractivity contribution in [2.45, 2.75) is 39.2 Å². The molecule has 1 aliphatic rings. The zero-order chi connectivity index (χ0) is 17.7. The number of nitrogens with one attached hydrogen (secondary N) is 1. The monoisotopic (exact) mass is 333 g/mol. The molecule has 132 valence electrons. The third-order valence-electron chi connectivity index (χ3n) is 3.89. The first kappa shape index (κ1) is 18.1. The maximum atomic E-state index is 12.2. The summed E-state index contributed by atoms with van der Waals surface area (Å²) < 4.78 is 5.42. The molecule has 0 spiro atoms. The van der Waals surface area contributed by atoms with Crippen molar-refractivity contribution in [3.8, 4) is 0 Å². The maximum absolute atomic E-state index is 12.2. The molecule has 0 radical (unpaired) electrons. The van der Waals surface area contributed by atoms with Crippen LogP contribution in [0.25, 0.3) is 0 Å². The standard InChI is InChI=1S/C18H27N3O3/c1-18(2,3)24-17(23)21-10-4-5-13(12-21)11-20-16(22)14-6-8-15(19)9-7-14/h6-9,13H,4-5,10-12,19H2,1-3H3,(H,20,22)/t13-/m1/s1. The molecule has 1 aromatic rings. The van der Waals surface area contributed by atoms with Gasteiger partial charge in [-0.15, -0.1) is 0 Å². The van der Waals surface area contributed by atoms with Gasteiger partial charge in [0.1, 0.15) is 5.60 Å². The number of nitrogen functional groups attached to an aromatic ring is 1. The predicted octanol–water partition coefficient (Wildman–Crippen LogP) is 2.65. The van der Waals surface area contributed by atoms with E-state index < -0.39 is 5.60 Å². The predicted molar refractivity (Wildman–Crippen MR) is 93.7 cm³/mol. The zero-order valence-corrected chi connectivity index (χ0v) is 14.7. The van der Waals surface area contributed by atoms with Crippen molar-refractivity contribution < 1.29 is 14.3 Å². The Morgan fingerprint density at radius 3 is 2.58 bits per heavy atom. The minimum atomic E-state index is -0.493. The molecule has 3 N–H and O–H groups in total. The van der Waals surface area contributed by atoms with E-state index in [2.05, 4.69) is 5.32 Å². The van der Waals surface area contributed by atoms with Gasteiger partial charge in [-0.3, -0.25) is 4.79 Å². The van der Waals surface area contributed by atoms with Crippen LogP contribution in [-0.4, -0.2) is 42.1 Å². The molecule has 2 amide bonds. The summed E-state index contributed by atoms with van der Waals surface area (Å²) >= 11 is 0. The molecule has 0 bridgehead atoms.